The number of carbonyl (C=O) groups is 1. The third-order valence-electron chi connectivity index (χ3n) is 3.97. The number of tetrazole rings is 1. The fourth-order valence-corrected chi connectivity index (χ4v) is 2.71. The Bertz CT molecular complexity index is 725. The van der Waals surface area contributed by atoms with Gasteiger partial charge in [0.05, 0.1) is 11.3 Å². The first-order valence-corrected chi connectivity index (χ1v) is 7.61. The maximum absolute atomic E-state index is 12.6. The monoisotopic (exact) mass is 339 g/mol. The summed E-state index contributed by atoms with van der Waals surface area (Å²) >= 11 is 0. The van der Waals surface area contributed by atoms with Crippen LogP contribution in [0.25, 0.3) is 5.69 Å². The minimum absolute atomic E-state index is 0.0519. The number of benzene rings is 1. The molecule has 1 amide bonds. The molecule has 128 valence electrons. The number of hydrogen-bond donors (Lipinski definition) is 0. The molecule has 2 aromatic rings. The number of piperidine rings is 1. The van der Waals surface area contributed by atoms with E-state index in [-0.39, 0.29) is 11.7 Å². The summed E-state index contributed by atoms with van der Waals surface area (Å²) < 4.78 is 37.7. The second-order valence-corrected chi connectivity index (χ2v) is 5.95. The zero-order valence-electron chi connectivity index (χ0n) is 13.0. The molecule has 1 aromatic carbocycles. The maximum atomic E-state index is 12.6. The normalized spacial score (nSPS) is 18.7. The Labute approximate surface area is 136 Å². The Hall–Kier alpha value is -2.45. The highest BCUT2D eigenvalue weighted by atomic mass is 19.4. The van der Waals surface area contributed by atoms with Crippen molar-refractivity contribution in [3.05, 3.63) is 35.7 Å². The lowest BCUT2D eigenvalue weighted by Crippen LogP contribution is -2.39. The average molecular weight is 339 g/mol. The first-order chi connectivity index (χ1) is 11.3. The number of carbonyl (C=O) groups excluding carboxylic acids is 1. The van der Waals surface area contributed by atoms with Crippen molar-refractivity contribution < 1.29 is 18.0 Å². The van der Waals surface area contributed by atoms with Crippen molar-refractivity contribution in [1.29, 1.82) is 0 Å². The van der Waals surface area contributed by atoms with Crippen LogP contribution in [-0.4, -0.2) is 44.1 Å². The van der Waals surface area contributed by atoms with Crippen LogP contribution in [0.2, 0.25) is 0 Å². The molecule has 1 fully saturated rings. The van der Waals surface area contributed by atoms with Crippen LogP contribution in [0.15, 0.2) is 24.3 Å². The van der Waals surface area contributed by atoms with Gasteiger partial charge in [-0.15, -0.1) is 15.0 Å². The Morgan fingerprint density at radius 2 is 1.96 bits per heavy atom. The molecular weight excluding hydrogens is 323 g/mol. The van der Waals surface area contributed by atoms with Gasteiger partial charge in [-0.25, -0.2) is 0 Å². The number of amides is 1. The lowest BCUT2D eigenvalue weighted by Gasteiger charge is -2.29. The van der Waals surface area contributed by atoms with Gasteiger partial charge in [0.1, 0.15) is 0 Å². The van der Waals surface area contributed by atoms with Crippen LogP contribution in [-0.2, 0) is 6.18 Å². The van der Waals surface area contributed by atoms with Gasteiger partial charge in [0.15, 0.2) is 0 Å². The predicted molar refractivity (Wildman–Crippen MR) is 78.5 cm³/mol. The molecule has 1 unspecified atom stereocenters. The van der Waals surface area contributed by atoms with Gasteiger partial charge in [0.2, 0.25) is 0 Å². The zero-order chi connectivity index (χ0) is 17.3. The molecular formula is C15H16F3N5O. The number of likely N-dealkylation sites (tertiary alicyclic amines) is 1. The molecule has 0 saturated carbocycles. The fourth-order valence-electron chi connectivity index (χ4n) is 2.71. The molecule has 1 aromatic heterocycles. The Balaban J connectivity index is 1.76. The topological polar surface area (TPSA) is 63.9 Å². The summed E-state index contributed by atoms with van der Waals surface area (Å²) in [4.78, 5) is 15.1. The van der Waals surface area contributed by atoms with Crippen molar-refractivity contribution in [2.75, 3.05) is 13.1 Å². The van der Waals surface area contributed by atoms with Crippen LogP contribution in [0.4, 0.5) is 13.2 Å². The van der Waals surface area contributed by atoms with Gasteiger partial charge >= 0.3 is 6.18 Å². The predicted octanol–water partition coefficient (Wildman–Crippen LogP) is 2.55. The Morgan fingerprint density at radius 1 is 1.25 bits per heavy atom. The number of alkyl halides is 3. The quantitative estimate of drug-likeness (QED) is 0.843. The second-order valence-electron chi connectivity index (χ2n) is 5.95. The first kappa shape index (κ1) is 16.4. The number of halogens is 3. The third kappa shape index (κ3) is 3.39. The van der Waals surface area contributed by atoms with Crippen molar-refractivity contribution in [1.82, 2.24) is 25.1 Å². The Morgan fingerprint density at radius 3 is 2.58 bits per heavy atom. The van der Waals surface area contributed by atoms with Crippen LogP contribution < -0.4 is 0 Å². The summed E-state index contributed by atoms with van der Waals surface area (Å²) in [6.45, 7) is 3.37. The Kier molecular flexibility index (Phi) is 4.25. The molecule has 1 saturated heterocycles. The van der Waals surface area contributed by atoms with Crippen molar-refractivity contribution in [3.8, 4) is 5.69 Å². The van der Waals surface area contributed by atoms with Gasteiger partial charge in [-0.3, -0.25) is 4.79 Å². The van der Waals surface area contributed by atoms with Gasteiger partial charge in [-0.2, -0.15) is 13.2 Å². The second kappa shape index (κ2) is 6.21. The standard InChI is InChI=1S/C15H16F3N5O/c1-10-3-2-8-22(9-10)14(24)13-19-21-23(20-13)12-6-4-11(5-7-12)15(16,17)18/h4-7,10H,2-3,8-9H2,1H3. The van der Waals surface area contributed by atoms with Crippen molar-refractivity contribution in [3.63, 3.8) is 0 Å². The van der Waals surface area contributed by atoms with E-state index < -0.39 is 11.7 Å². The van der Waals surface area contributed by atoms with Crippen molar-refractivity contribution in [2.24, 2.45) is 5.92 Å². The van der Waals surface area contributed by atoms with E-state index in [1.165, 1.54) is 12.1 Å². The fraction of sp³-hybridized carbons (Fsp3) is 0.467. The highest BCUT2D eigenvalue weighted by Gasteiger charge is 2.30. The molecule has 24 heavy (non-hydrogen) atoms. The van der Waals surface area contributed by atoms with E-state index in [2.05, 4.69) is 22.3 Å². The highest BCUT2D eigenvalue weighted by Crippen LogP contribution is 2.29. The van der Waals surface area contributed by atoms with E-state index in [0.717, 1.165) is 29.8 Å². The van der Waals surface area contributed by atoms with E-state index >= 15 is 0 Å². The summed E-state index contributed by atoms with van der Waals surface area (Å²) in [6.07, 6.45) is -2.39. The maximum Gasteiger partial charge on any atom is 0.416 e. The highest BCUT2D eigenvalue weighted by molar-refractivity contribution is 5.90. The molecule has 1 atom stereocenters. The van der Waals surface area contributed by atoms with Gasteiger partial charge < -0.3 is 4.90 Å². The number of nitrogens with zero attached hydrogens (tertiary/aromatic N) is 5. The number of rotatable bonds is 2. The number of aromatic nitrogens is 4. The number of hydrogen-bond acceptors (Lipinski definition) is 4. The van der Waals surface area contributed by atoms with Crippen molar-refractivity contribution in [2.45, 2.75) is 25.9 Å². The molecule has 3 rings (SSSR count). The summed E-state index contributed by atoms with van der Waals surface area (Å²) in [6, 6.07) is 4.35. The van der Waals surface area contributed by atoms with Crippen LogP contribution >= 0.6 is 0 Å². The lowest BCUT2D eigenvalue weighted by atomic mass is 10.0. The van der Waals surface area contributed by atoms with E-state index in [1.807, 2.05) is 0 Å². The van der Waals surface area contributed by atoms with E-state index in [1.54, 1.807) is 4.90 Å². The summed E-state index contributed by atoms with van der Waals surface area (Å²) in [5, 5.41) is 11.5. The van der Waals surface area contributed by atoms with Crippen LogP contribution in [0.1, 0.15) is 35.9 Å². The molecule has 0 aliphatic carbocycles. The molecule has 1 aliphatic rings. The molecule has 6 nitrogen and oxygen atoms in total. The van der Waals surface area contributed by atoms with E-state index in [0.29, 0.717) is 24.7 Å². The molecule has 0 spiro atoms. The van der Waals surface area contributed by atoms with Crippen molar-refractivity contribution >= 4 is 5.91 Å². The lowest BCUT2D eigenvalue weighted by molar-refractivity contribution is -0.137. The van der Waals surface area contributed by atoms with Crippen LogP contribution in [0, 0.1) is 5.92 Å². The van der Waals surface area contributed by atoms with Gasteiger partial charge in [-0.1, -0.05) is 6.92 Å². The average Bonchev–Trinajstić information content (AvgIpc) is 3.03. The van der Waals surface area contributed by atoms with E-state index in [9.17, 15) is 18.0 Å². The van der Waals surface area contributed by atoms with Crippen LogP contribution in [0.3, 0.4) is 0 Å². The van der Waals surface area contributed by atoms with Gasteiger partial charge in [0.25, 0.3) is 11.7 Å². The summed E-state index contributed by atoms with van der Waals surface area (Å²) in [5.74, 6) is 0.0661. The summed E-state index contributed by atoms with van der Waals surface area (Å²) in [5.41, 5.74) is -0.452. The molecule has 0 bridgehead atoms. The van der Waals surface area contributed by atoms with Crippen LogP contribution in [0.5, 0.6) is 0 Å². The molecule has 2 heterocycles. The largest absolute Gasteiger partial charge is 0.416 e. The zero-order valence-corrected chi connectivity index (χ0v) is 13.0. The van der Waals surface area contributed by atoms with E-state index in [4.69, 9.17) is 0 Å². The first-order valence-electron chi connectivity index (χ1n) is 7.61. The molecule has 1 aliphatic heterocycles. The minimum atomic E-state index is -4.40. The van der Waals surface area contributed by atoms with Gasteiger partial charge in [0, 0.05) is 13.1 Å². The molecule has 0 N–H and O–H groups in total. The smallest absolute Gasteiger partial charge is 0.336 e. The summed E-state index contributed by atoms with van der Waals surface area (Å²) in [7, 11) is 0. The third-order valence-corrected chi connectivity index (χ3v) is 3.97. The molecule has 9 heteroatoms. The minimum Gasteiger partial charge on any atom is -0.336 e. The molecule has 0 radical (unpaired) electrons. The SMILES string of the molecule is CC1CCCN(C(=O)c2nnn(-c3ccc(C(F)(F)F)cc3)n2)C1. The van der Waals surface area contributed by atoms with Gasteiger partial charge in [-0.05, 0) is 48.2 Å².